The van der Waals surface area contributed by atoms with Crippen LogP contribution in [0.1, 0.15) is 26.5 Å². The smallest absolute Gasteiger partial charge is 0.410 e. The molecule has 3 N–H and O–H groups in total. The molecule has 2 aromatic heterocycles. The number of likely N-dealkylation sites (tertiary alicyclic amines) is 1. The lowest BCUT2D eigenvalue weighted by atomic mass is 9.94. The second kappa shape index (κ2) is 8.38. The molecule has 1 aliphatic rings. The van der Waals surface area contributed by atoms with Gasteiger partial charge in [-0.3, -0.25) is 0 Å². The maximum Gasteiger partial charge on any atom is 0.410 e. The summed E-state index contributed by atoms with van der Waals surface area (Å²) in [5.41, 5.74) is 6.87. The van der Waals surface area contributed by atoms with E-state index in [1.54, 1.807) is 37.5 Å². The number of amides is 1. The van der Waals surface area contributed by atoms with E-state index in [0.29, 0.717) is 38.9 Å². The van der Waals surface area contributed by atoms with E-state index < -0.39 is 17.3 Å². The van der Waals surface area contributed by atoms with Crippen molar-refractivity contribution in [2.24, 2.45) is 7.05 Å². The molecule has 3 aromatic rings. The number of anilines is 1. The molecule has 0 aliphatic carbocycles. The highest BCUT2D eigenvalue weighted by Crippen LogP contribution is 2.39. The zero-order chi connectivity index (χ0) is 24.8. The zero-order valence-corrected chi connectivity index (χ0v) is 20.4. The van der Waals surface area contributed by atoms with Crippen molar-refractivity contribution in [1.29, 1.82) is 0 Å². The van der Waals surface area contributed by atoms with Crippen LogP contribution in [0.4, 0.5) is 10.6 Å². The van der Waals surface area contributed by atoms with Gasteiger partial charge in [0, 0.05) is 12.6 Å². The van der Waals surface area contributed by atoms with Crippen LogP contribution in [0.5, 0.6) is 5.75 Å². The Morgan fingerprint density at radius 3 is 2.65 bits per heavy atom. The number of carbonyl (C=O) groups is 1. The number of carbonyl (C=O) groups excluding carboxylic acids is 1. The fraction of sp³-hybridized carbons (Fsp3) is 0.375. The lowest BCUT2D eigenvalue weighted by Gasteiger charge is -2.43. The molecule has 0 unspecified atom stereocenters. The van der Waals surface area contributed by atoms with E-state index in [1.165, 1.54) is 18.3 Å². The summed E-state index contributed by atoms with van der Waals surface area (Å²) in [5.74, 6) is 6.80. The van der Waals surface area contributed by atoms with Gasteiger partial charge in [-0.2, -0.15) is 0 Å². The van der Waals surface area contributed by atoms with Crippen LogP contribution < -0.4 is 10.5 Å². The summed E-state index contributed by atoms with van der Waals surface area (Å²) in [4.78, 5) is 22.2. The molecule has 3 heterocycles. The first-order valence-corrected chi connectivity index (χ1v) is 11.0. The lowest BCUT2D eigenvalue weighted by Crippen LogP contribution is -2.63. The Bertz CT molecular complexity index is 1340. The van der Waals surface area contributed by atoms with E-state index in [2.05, 4.69) is 21.8 Å². The summed E-state index contributed by atoms with van der Waals surface area (Å²) < 4.78 is 12.5. The number of nitrogens with two attached hydrogens (primary N) is 1. The van der Waals surface area contributed by atoms with Crippen molar-refractivity contribution in [1.82, 2.24) is 19.4 Å². The molecule has 10 heteroatoms. The summed E-state index contributed by atoms with van der Waals surface area (Å²) in [6.45, 7) is 5.46. The third-order valence-electron chi connectivity index (χ3n) is 5.41. The second-order valence-electron chi connectivity index (χ2n) is 9.21. The SMILES string of the molecule is COc1cc(-c2c(C#CC3(O)CN(C(=O)OC(C)(C)C)C3)n(C)c3ncnc(N)c23)ccc1Cl. The van der Waals surface area contributed by atoms with Crippen LogP contribution in [0.15, 0.2) is 24.5 Å². The van der Waals surface area contributed by atoms with Gasteiger partial charge in [0.15, 0.2) is 5.60 Å². The maximum absolute atomic E-state index is 12.2. The monoisotopic (exact) mass is 483 g/mol. The Hall–Kier alpha value is -3.48. The number of hydrogen-bond donors (Lipinski definition) is 2. The topological polar surface area (TPSA) is 116 Å². The normalized spacial score (nSPS) is 14.9. The maximum atomic E-state index is 12.2. The highest BCUT2D eigenvalue weighted by atomic mass is 35.5. The van der Waals surface area contributed by atoms with Crippen molar-refractivity contribution in [3.05, 3.63) is 35.2 Å². The molecule has 1 aliphatic heterocycles. The summed E-state index contributed by atoms with van der Waals surface area (Å²) in [6, 6.07) is 5.35. The quantitative estimate of drug-likeness (QED) is 0.537. The Morgan fingerprint density at radius 1 is 1.29 bits per heavy atom. The number of fused-ring (bicyclic) bond motifs is 1. The van der Waals surface area contributed by atoms with E-state index in [1.807, 2.05) is 13.1 Å². The van der Waals surface area contributed by atoms with Gasteiger partial charge >= 0.3 is 6.09 Å². The van der Waals surface area contributed by atoms with E-state index in [0.717, 1.165) is 5.56 Å². The number of benzene rings is 1. The molecule has 0 atom stereocenters. The van der Waals surface area contributed by atoms with E-state index in [4.69, 9.17) is 26.8 Å². The Kier molecular flexibility index (Phi) is 5.84. The van der Waals surface area contributed by atoms with Crippen molar-refractivity contribution >= 4 is 34.5 Å². The van der Waals surface area contributed by atoms with E-state index in [-0.39, 0.29) is 13.1 Å². The fourth-order valence-electron chi connectivity index (χ4n) is 3.81. The van der Waals surface area contributed by atoms with Crippen molar-refractivity contribution in [3.63, 3.8) is 0 Å². The van der Waals surface area contributed by atoms with E-state index >= 15 is 0 Å². The van der Waals surface area contributed by atoms with Crippen molar-refractivity contribution in [3.8, 4) is 28.7 Å². The summed E-state index contributed by atoms with van der Waals surface area (Å²) >= 11 is 6.22. The third-order valence-corrected chi connectivity index (χ3v) is 5.72. The highest BCUT2D eigenvalue weighted by molar-refractivity contribution is 6.32. The Balaban J connectivity index is 1.75. The van der Waals surface area contributed by atoms with Crippen LogP contribution in [0.25, 0.3) is 22.2 Å². The van der Waals surface area contributed by atoms with Gasteiger partial charge in [-0.1, -0.05) is 23.6 Å². The van der Waals surface area contributed by atoms with E-state index in [9.17, 15) is 9.90 Å². The molecule has 1 saturated heterocycles. The number of aromatic nitrogens is 3. The highest BCUT2D eigenvalue weighted by Gasteiger charge is 2.44. The van der Waals surface area contributed by atoms with Gasteiger partial charge < -0.3 is 29.8 Å². The first-order chi connectivity index (χ1) is 15.9. The molecule has 178 valence electrons. The number of nitrogen functional groups attached to an aromatic ring is 1. The van der Waals surface area contributed by atoms with Gasteiger partial charge in [0.1, 0.15) is 34.8 Å². The minimum atomic E-state index is -1.36. The van der Waals surface area contributed by atoms with Crippen molar-refractivity contribution in [2.75, 3.05) is 25.9 Å². The number of halogens is 1. The van der Waals surface area contributed by atoms with Gasteiger partial charge in [-0.15, -0.1) is 0 Å². The molecular weight excluding hydrogens is 458 g/mol. The molecule has 0 spiro atoms. The van der Waals surface area contributed by atoms with Gasteiger partial charge in [-0.25, -0.2) is 14.8 Å². The summed E-state index contributed by atoms with van der Waals surface area (Å²) in [6.07, 6.45) is 0.903. The van der Waals surface area contributed by atoms with Crippen LogP contribution in [-0.2, 0) is 11.8 Å². The molecule has 34 heavy (non-hydrogen) atoms. The molecule has 0 radical (unpaired) electrons. The Labute approximate surface area is 202 Å². The average molecular weight is 484 g/mol. The van der Waals surface area contributed by atoms with Gasteiger partial charge in [0.25, 0.3) is 0 Å². The minimum absolute atomic E-state index is 0.0465. The molecule has 1 amide bonds. The number of rotatable bonds is 2. The first-order valence-electron chi connectivity index (χ1n) is 10.6. The average Bonchev–Trinajstić information content (AvgIpc) is 3.02. The van der Waals surface area contributed by atoms with Crippen LogP contribution in [0, 0.1) is 11.8 Å². The van der Waals surface area contributed by atoms with Crippen LogP contribution in [-0.4, -0.2) is 62.0 Å². The fourth-order valence-corrected chi connectivity index (χ4v) is 4.01. The number of aryl methyl sites for hydroxylation is 1. The first kappa shape index (κ1) is 23.7. The van der Waals surface area contributed by atoms with Crippen LogP contribution in [0.2, 0.25) is 5.02 Å². The van der Waals surface area contributed by atoms with Crippen LogP contribution in [0.3, 0.4) is 0 Å². The number of β-amino-alcohol motifs (C(OH)–C–C–N with tert-alkyl or cyclic N) is 1. The molecule has 9 nitrogen and oxygen atoms in total. The molecule has 1 fully saturated rings. The molecule has 0 bridgehead atoms. The zero-order valence-electron chi connectivity index (χ0n) is 19.6. The van der Waals surface area contributed by atoms with Crippen LogP contribution >= 0.6 is 11.6 Å². The molecule has 4 rings (SSSR count). The minimum Gasteiger partial charge on any atom is -0.495 e. The number of hydrogen-bond acceptors (Lipinski definition) is 7. The number of methoxy groups -OCH3 is 1. The predicted molar refractivity (Wildman–Crippen MR) is 130 cm³/mol. The number of ether oxygens (including phenoxy) is 2. The number of aliphatic hydroxyl groups is 1. The van der Waals surface area contributed by atoms with Gasteiger partial charge in [0.05, 0.1) is 30.6 Å². The standard InChI is InChI=1S/C24H26ClN5O4/c1-23(2,3)34-22(31)30-11-24(32,12-30)9-8-16-18(14-6-7-15(25)17(10-14)33-5)19-20(26)27-13-28-21(19)29(16)4/h6-7,10,13,32H,11-12H2,1-5H3,(H2,26,27,28). The summed E-state index contributed by atoms with van der Waals surface area (Å²) in [7, 11) is 3.35. The second-order valence-corrected chi connectivity index (χ2v) is 9.61. The van der Waals surface area contributed by atoms with Gasteiger partial charge in [-0.05, 0) is 44.4 Å². The number of nitrogens with zero attached hydrogens (tertiary/aromatic N) is 4. The molecule has 1 aromatic carbocycles. The Morgan fingerprint density at radius 2 is 2.00 bits per heavy atom. The van der Waals surface area contributed by atoms with Crippen molar-refractivity contribution in [2.45, 2.75) is 32.0 Å². The molecular formula is C24H26ClN5O4. The largest absolute Gasteiger partial charge is 0.495 e. The predicted octanol–water partition coefficient (Wildman–Crippen LogP) is 3.21. The van der Waals surface area contributed by atoms with Crippen molar-refractivity contribution < 1.29 is 19.4 Å². The summed E-state index contributed by atoms with van der Waals surface area (Å²) in [5, 5.41) is 12.0. The molecule has 0 saturated carbocycles. The lowest BCUT2D eigenvalue weighted by molar-refractivity contribution is -0.0637. The third kappa shape index (κ3) is 4.34. The van der Waals surface area contributed by atoms with Gasteiger partial charge in [0.2, 0.25) is 0 Å².